The summed E-state index contributed by atoms with van der Waals surface area (Å²) in [5, 5.41) is 3.15. The first-order valence-corrected chi connectivity index (χ1v) is 6.70. The number of rotatable bonds is 8. The molecule has 0 aliphatic heterocycles. The van der Waals surface area contributed by atoms with Crippen LogP contribution in [0.3, 0.4) is 0 Å². The van der Waals surface area contributed by atoms with E-state index in [0.29, 0.717) is 6.61 Å². The third-order valence-electron chi connectivity index (χ3n) is 2.91. The molecule has 4 heteroatoms. The van der Waals surface area contributed by atoms with Crippen LogP contribution < -0.4 is 10.1 Å². The minimum atomic E-state index is -0.205. The zero-order chi connectivity index (χ0) is 14.1. The molecule has 0 bridgehead atoms. The summed E-state index contributed by atoms with van der Waals surface area (Å²) >= 11 is 0. The van der Waals surface area contributed by atoms with E-state index < -0.39 is 0 Å². The second-order valence-electron chi connectivity index (χ2n) is 4.45. The van der Waals surface area contributed by atoms with Crippen molar-refractivity contribution in [2.24, 2.45) is 0 Å². The fourth-order valence-corrected chi connectivity index (χ4v) is 1.65. The SMILES string of the molecule is CCCCOC(=O)CN[C@@H](C)c1cccc(OC)c1. The smallest absolute Gasteiger partial charge is 0.319 e. The number of benzene rings is 1. The Morgan fingerprint density at radius 1 is 1.42 bits per heavy atom. The molecule has 0 unspecified atom stereocenters. The molecular formula is C15H23NO3. The van der Waals surface area contributed by atoms with E-state index in [9.17, 15) is 4.79 Å². The number of unbranched alkanes of at least 4 members (excludes halogenated alkanes) is 1. The maximum atomic E-state index is 11.5. The minimum Gasteiger partial charge on any atom is -0.497 e. The number of ether oxygens (including phenoxy) is 2. The van der Waals surface area contributed by atoms with Gasteiger partial charge < -0.3 is 14.8 Å². The average molecular weight is 265 g/mol. The molecule has 0 aromatic heterocycles. The lowest BCUT2D eigenvalue weighted by molar-refractivity contribution is -0.142. The first-order valence-electron chi connectivity index (χ1n) is 6.70. The van der Waals surface area contributed by atoms with Crippen LogP contribution in [-0.4, -0.2) is 26.2 Å². The van der Waals surface area contributed by atoms with Gasteiger partial charge in [0.2, 0.25) is 0 Å². The molecule has 106 valence electrons. The van der Waals surface area contributed by atoms with E-state index in [2.05, 4.69) is 12.2 Å². The Hall–Kier alpha value is -1.55. The summed E-state index contributed by atoms with van der Waals surface area (Å²) in [4.78, 5) is 11.5. The Bertz CT molecular complexity index is 393. The van der Waals surface area contributed by atoms with Gasteiger partial charge in [-0.25, -0.2) is 0 Å². The highest BCUT2D eigenvalue weighted by molar-refractivity contribution is 5.71. The largest absolute Gasteiger partial charge is 0.497 e. The van der Waals surface area contributed by atoms with Gasteiger partial charge in [-0.15, -0.1) is 0 Å². The monoisotopic (exact) mass is 265 g/mol. The Morgan fingerprint density at radius 2 is 2.21 bits per heavy atom. The first kappa shape index (κ1) is 15.5. The molecule has 1 aromatic rings. The molecule has 0 amide bonds. The van der Waals surface area contributed by atoms with Crippen molar-refractivity contribution in [2.45, 2.75) is 32.7 Å². The molecule has 19 heavy (non-hydrogen) atoms. The van der Waals surface area contributed by atoms with E-state index >= 15 is 0 Å². The zero-order valence-electron chi connectivity index (χ0n) is 11.9. The second kappa shape index (κ2) is 8.53. The van der Waals surface area contributed by atoms with Crippen LogP contribution in [0.4, 0.5) is 0 Å². The summed E-state index contributed by atoms with van der Waals surface area (Å²) in [5.74, 6) is 0.611. The molecule has 1 aromatic carbocycles. The molecule has 0 aliphatic rings. The van der Waals surface area contributed by atoms with Gasteiger partial charge in [-0.05, 0) is 31.0 Å². The van der Waals surface area contributed by atoms with Crippen molar-refractivity contribution in [1.29, 1.82) is 0 Å². The molecule has 0 fully saturated rings. The molecule has 0 spiro atoms. The van der Waals surface area contributed by atoms with Crippen LogP contribution in [0.15, 0.2) is 24.3 Å². The van der Waals surface area contributed by atoms with Crippen molar-refractivity contribution in [3.8, 4) is 5.75 Å². The van der Waals surface area contributed by atoms with Crippen molar-refractivity contribution < 1.29 is 14.3 Å². The summed E-state index contributed by atoms with van der Waals surface area (Å²) in [6.07, 6.45) is 1.94. The molecule has 0 heterocycles. The molecule has 0 saturated heterocycles. The molecular weight excluding hydrogens is 242 g/mol. The predicted molar refractivity (Wildman–Crippen MR) is 75.3 cm³/mol. The predicted octanol–water partition coefficient (Wildman–Crippen LogP) is 2.69. The molecule has 0 saturated carbocycles. The summed E-state index contributed by atoms with van der Waals surface area (Å²) < 4.78 is 10.3. The fraction of sp³-hybridized carbons (Fsp3) is 0.533. The zero-order valence-corrected chi connectivity index (χ0v) is 11.9. The number of hydrogen-bond donors (Lipinski definition) is 1. The average Bonchev–Trinajstić information content (AvgIpc) is 2.45. The normalized spacial score (nSPS) is 11.9. The molecule has 1 N–H and O–H groups in total. The van der Waals surface area contributed by atoms with E-state index in [1.807, 2.05) is 31.2 Å². The molecule has 0 radical (unpaired) electrons. The van der Waals surface area contributed by atoms with Gasteiger partial charge in [0.1, 0.15) is 5.75 Å². The third kappa shape index (κ3) is 5.75. The Labute approximate surface area is 115 Å². The number of carbonyl (C=O) groups is 1. The van der Waals surface area contributed by atoms with E-state index in [0.717, 1.165) is 24.2 Å². The van der Waals surface area contributed by atoms with Crippen molar-refractivity contribution in [1.82, 2.24) is 5.32 Å². The van der Waals surface area contributed by atoms with Gasteiger partial charge in [0.25, 0.3) is 0 Å². The number of methoxy groups -OCH3 is 1. The fourth-order valence-electron chi connectivity index (χ4n) is 1.65. The molecule has 4 nitrogen and oxygen atoms in total. The van der Waals surface area contributed by atoms with Crippen LogP contribution in [0.5, 0.6) is 5.75 Å². The lowest BCUT2D eigenvalue weighted by atomic mass is 10.1. The van der Waals surface area contributed by atoms with Gasteiger partial charge in [-0.3, -0.25) is 4.79 Å². The van der Waals surface area contributed by atoms with Gasteiger partial charge in [0.15, 0.2) is 0 Å². The minimum absolute atomic E-state index is 0.0776. The van der Waals surface area contributed by atoms with Crippen LogP contribution in [0.2, 0.25) is 0 Å². The standard InChI is InChI=1S/C15H23NO3/c1-4-5-9-19-15(17)11-16-12(2)13-7-6-8-14(10-13)18-3/h6-8,10,12,16H,4-5,9,11H2,1-3H3/t12-/m0/s1. The lowest BCUT2D eigenvalue weighted by Gasteiger charge is -2.14. The number of hydrogen-bond acceptors (Lipinski definition) is 4. The lowest BCUT2D eigenvalue weighted by Crippen LogP contribution is -2.27. The van der Waals surface area contributed by atoms with Crippen LogP contribution in [0, 0.1) is 0 Å². The molecule has 1 atom stereocenters. The van der Waals surface area contributed by atoms with Crippen molar-refractivity contribution >= 4 is 5.97 Å². The topological polar surface area (TPSA) is 47.6 Å². The number of carbonyl (C=O) groups excluding carboxylic acids is 1. The van der Waals surface area contributed by atoms with Gasteiger partial charge >= 0.3 is 5.97 Å². The maximum Gasteiger partial charge on any atom is 0.319 e. The Kier molecular flexibility index (Phi) is 6.97. The van der Waals surface area contributed by atoms with Gasteiger partial charge in [0.05, 0.1) is 20.3 Å². The van der Waals surface area contributed by atoms with Crippen molar-refractivity contribution in [2.75, 3.05) is 20.3 Å². The van der Waals surface area contributed by atoms with Crippen molar-refractivity contribution in [3.63, 3.8) is 0 Å². The van der Waals surface area contributed by atoms with Crippen LogP contribution in [0.25, 0.3) is 0 Å². The Balaban J connectivity index is 2.37. The molecule has 1 rings (SSSR count). The van der Waals surface area contributed by atoms with Gasteiger partial charge in [-0.2, -0.15) is 0 Å². The summed E-state index contributed by atoms with van der Waals surface area (Å²) in [6.45, 7) is 4.80. The number of nitrogens with one attached hydrogen (secondary N) is 1. The first-order chi connectivity index (χ1) is 9.17. The summed E-state index contributed by atoms with van der Waals surface area (Å²) in [6, 6.07) is 7.87. The van der Waals surface area contributed by atoms with Gasteiger partial charge in [0, 0.05) is 6.04 Å². The van der Waals surface area contributed by atoms with Crippen LogP contribution >= 0.6 is 0 Å². The highest BCUT2D eigenvalue weighted by Gasteiger charge is 2.09. The van der Waals surface area contributed by atoms with E-state index in [-0.39, 0.29) is 18.6 Å². The number of esters is 1. The van der Waals surface area contributed by atoms with E-state index in [1.54, 1.807) is 7.11 Å². The quantitative estimate of drug-likeness (QED) is 0.580. The summed E-state index contributed by atoms with van der Waals surface area (Å²) in [7, 11) is 1.64. The third-order valence-corrected chi connectivity index (χ3v) is 2.91. The maximum absolute atomic E-state index is 11.5. The van der Waals surface area contributed by atoms with Crippen LogP contribution in [0.1, 0.15) is 38.3 Å². The second-order valence-corrected chi connectivity index (χ2v) is 4.45. The summed E-state index contributed by atoms with van der Waals surface area (Å²) in [5.41, 5.74) is 1.08. The van der Waals surface area contributed by atoms with Gasteiger partial charge in [-0.1, -0.05) is 25.5 Å². The van der Waals surface area contributed by atoms with E-state index in [1.165, 1.54) is 0 Å². The highest BCUT2D eigenvalue weighted by Crippen LogP contribution is 2.18. The Morgan fingerprint density at radius 3 is 2.89 bits per heavy atom. The van der Waals surface area contributed by atoms with Crippen LogP contribution in [-0.2, 0) is 9.53 Å². The van der Waals surface area contributed by atoms with Crippen molar-refractivity contribution in [3.05, 3.63) is 29.8 Å². The highest BCUT2D eigenvalue weighted by atomic mass is 16.5. The van der Waals surface area contributed by atoms with E-state index in [4.69, 9.17) is 9.47 Å². The molecule has 0 aliphatic carbocycles.